The van der Waals surface area contributed by atoms with Gasteiger partial charge >= 0.3 is 0 Å². The van der Waals surface area contributed by atoms with Gasteiger partial charge in [0.1, 0.15) is 10.8 Å². The third-order valence-electron chi connectivity index (χ3n) is 3.52. The van der Waals surface area contributed by atoms with Crippen molar-refractivity contribution in [2.75, 3.05) is 12.4 Å². The van der Waals surface area contributed by atoms with E-state index in [2.05, 4.69) is 29.7 Å². The Kier molecular flexibility index (Phi) is 7.08. The number of carbonyl (C=O) groups excluding carboxylic acids is 1. The molecule has 0 aromatic rings. The highest BCUT2D eigenvalue weighted by Crippen LogP contribution is 2.30. The van der Waals surface area contributed by atoms with E-state index in [1.807, 2.05) is 27.7 Å². The van der Waals surface area contributed by atoms with E-state index in [0.717, 1.165) is 29.0 Å². The third-order valence-corrected chi connectivity index (χ3v) is 6.32. The van der Waals surface area contributed by atoms with Gasteiger partial charge in [0.25, 0.3) is 5.91 Å². The van der Waals surface area contributed by atoms with Crippen molar-refractivity contribution in [3.8, 4) is 0 Å². The maximum Gasteiger partial charge on any atom is 0.277 e. The van der Waals surface area contributed by atoms with Gasteiger partial charge in [0.05, 0.1) is 6.61 Å². The summed E-state index contributed by atoms with van der Waals surface area (Å²) >= 11 is 2.61. The normalized spacial score (nSPS) is 19.1. The Labute approximate surface area is 142 Å². The van der Waals surface area contributed by atoms with Crippen LogP contribution in [0, 0.1) is 11.3 Å². The van der Waals surface area contributed by atoms with Crippen LogP contribution >= 0.6 is 11.8 Å². The molecule has 1 atom stereocenters. The van der Waals surface area contributed by atoms with Crippen LogP contribution in [0.5, 0.6) is 0 Å². The first-order valence-electron chi connectivity index (χ1n) is 7.69. The van der Waals surface area contributed by atoms with Crippen molar-refractivity contribution < 1.29 is 9.90 Å². The minimum Gasteiger partial charge on any atom is -0.395 e. The maximum atomic E-state index is 12.5. The molecule has 128 valence electrons. The molecular formula is C15H30N3O2S2+. The monoisotopic (exact) mass is 348 g/mol. The molecule has 0 aromatic heterocycles. The van der Waals surface area contributed by atoms with Gasteiger partial charge in [0, 0.05) is 5.41 Å². The van der Waals surface area contributed by atoms with E-state index in [0.29, 0.717) is 5.92 Å². The molecule has 0 bridgehead atoms. The van der Waals surface area contributed by atoms with Crippen molar-refractivity contribution >= 4 is 34.5 Å². The van der Waals surface area contributed by atoms with Gasteiger partial charge in [0.15, 0.2) is 10.2 Å². The van der Waals surface area contributed by atoms with E-state index >= 15 is 0 Å². The highest BCUT2D eigenvalue weighted by molar-refractivity contribution is 8.14. The molecule has 1 heterocycles. The predicted molar refractivity (Wildman–Crippen MR) is 98.1 cm³/mol. The molecule has 7 heteroatoms. The smallest absolute Gasteiger partial charge is 0.277 e. The van der Waals surface area contributed by atoms with Crippen molar-refractivity contribution in [1.29, 1.82) is 0 Å². The summed E-state index contributed by atoms with van der Waals surface area (Å²) in [6.45, 7) is 12.2. The predicted octanol–water partition coefficient (Wildman–Crippen LogP) is 1.69. The number of hydrogen-bond donors (Lipinski definition) is 3. The van der Waals surface area contributed by atoms with Crippen LogP contribution in [0.2, 0.25) is 0 Å². The molecule has 3 N–H and O–H groups in total. The number of thioether (sulfide) groups is 1. The molecule has 0 saturated carbocycles. The SMILES string of the molecule is CC(C)CC[SH+]C(C)(C)C(=O)NC1NN=C(C(C)(C)CO)S1. The fourth-order valence-electron chi connectivity index (χ4n) is 1.69. The van der Waals surface area contributed by atoms with Crippen LogP contribution in [0.3, 0.4) is 0 Å². The molecule has 0 radical (unpaired) electrons. The Hall–Kier alpha value is -0.400. The van der Waals surface area contributed by atoms with Gasteiger partial charge in [-0.3, -0.25) is 10.2 Å². The van der Waals surface area contributed by atoms with Crippen molar-refractivity contribution in [2.45, 2.75) is 58.2 Å². The van der Waals surface area contributed by atoms with Crippen molar-refractivity contribution in [1.82, 2.24) is 10.7 Å². The van der Waals surface area contributed by atoms with Gasteiger partial charge in [-0.05, 0) is 37.9 Å². The van der Waals surface area contributed by atoms with Gasteiger partial charge in [-0.25, -0.2) is 0 Å². The number of aliphatic hydroxyl groups is 1. The van der Waals surface area contributed by atoms with Gasteiger partial charge in [0.2, 0.25) is 0 Å². The fraction of sp³-hybridized carbons (Fsp3) is 0.867. The molecule has 1 unspecified atom stereocenters. The van der Waals surface area contributed by atoms with Gasteiger partial charge in [-0.15, -0.1) is 0 Å². The van der Waals surface area contributed by atoms with Crippen LogP contribution in [0.4, 0.5) is 0 Å². The van der Waals surface area contributed by atoms with Crippen LogP contribution in [-0.4, -0.2) is 38.7 Å². The van der Waals surface area contributed by atoms with Crippen LogP contribution in [0.25, 0.3) is 0 Å². The van der Waals surface area contributed by atoms with Crippen LogP contribution in [0.1, 0.15) is 48.0 Å². The minimum absolute atomic E-state index is 0.0283. The first-order chi connectivity index (χ1) is 10.1. The van der Waals surface area contributed by atoms with Gasteiger partial charge in [-0.1, -0.05) is 39.5 Å². The highest BCUT2D eigenvalue weighted by atomic mass is 32.2. The van der Waals surface area contributed by atoms with E-state index in [9.17, 15) is 9.90 Å². The lowest BCUT2D eigenvalue weighted by Gasteiger charge is -2.22. The second kappa shape index (κ2) is 7.93. The standard InChI is InChI=1S/C15H29N3O2S2/c1-10(2)7-8-21-15(5,6)11(20)16-13-18-17-12(22-13)14(3,4)9-19/h10,13,18-19H,7-9H2,1-6H3,(H,16,20)/p+1. The number of nitrogens with one attached hydrogen (secondary N) is 2. The number of thiol groups is 1. The second-order valence-corrected chi connectivity index (χ2v) is 10.2. The first-order valence-corrected chi connectivity index (χ1v) is 9.65. The third kappa shape index (κ3) is 5.66. The van der Waals surface area contributed by atoms with Gasteiger partial charge < -0.3 is 10.4 Å². The zero-order valence-corrected chi connectivity index (χ0v) is 16.1. The Morgan fingerprint density at radius 3 is 2.64 bits per heavy atom. The first kappa shape index (κ1) is 19.6. The summed E-state index contributed by atoms with van der Waals surface area (Å²) in [5.41, 5.74) is 2.29. The number of rotatable bonds is 8. The number of amides is 1. The van der Waals surface area contributed by atoms with Crippen molar-refractivity contribution in [2.24, 2.45) is 16.4 Å². The zero-order valence-electron chi connectivity index (χ0n) is 14.4. The molecule has 0 fully saturated rings. The molecule has 1 rings (SSSR count). The second-order valence-electron chi connectivity index (χ2n) is 7.18. The van der Waals surface area contributed by atoms with E-state index in [1.165, 1.54) is 11.8 Å². The molecule has 22 heavy (non-hydrogen) atoms. The lowest BCUT2D eigenvalue weighted by molar-refractivity contribution is -0.123. The minimum atomic E-state index is -0.410. The molecule has 1 amide bonds. The Balaban J connectivity index is 2.46. The van der Waals surface area contributed by atoms with Gasteiger partial charge in [-0.2, -0.15) is 5.10 Å². The highest BCUT2D eigenvalue weighted by Gasteiger charge is 2.39. The number of carbonyl (C=O) groups is 1. The Morgan fingerprint density at radius 2 is 2.09 bits per heavy atom. The van der Waals surface area contributed by atoms with Crippen LogP contribution in [-0.2, 0) is 16.6 Å². The number of hydrogen-bond acceptors (Lipinski definition) is 5. The largest absolute Gasteiger partial charge is 0.395 e. The lowest BCUT2D eigenvalue weighted by atomic mass is 9.97. The molecule has 1 aliphatic rings. The van der Waals surface area contributed by atoms with Crippen LogP contribution in [0.15, 0.2) is 5.10 Å². The van der Waals surface area contributed by atoms with Crippen molar-refractivity contribution in [3.05, 3.63) is 0 Å². The molecular weight excluding hydrogens is 318 g/mol. The summed E-state index contributed by atoms with van der Waals surface area (Å²) in [6.07, 6.45) is 1.13. The molecule has 0 spiro atoms. The summed E-state index contributed by atoms with van der Waals surface area (Å²) in [6, 6.07) is 0. The number of hydrazone groups is 1. The summed E-state index contributed by atoms with van der Waals surface area (Å²) in [5.74, 6) is 1.72. The zero-order chi connectivity index (χ0) is 17.0. The molecule has 0 aromatic carbocycles. The molecule has 0 saturated heterocycles. The molecule has 5 nitrogen and oxygen atoms in total. The average molecular weight is 349 g/mol. The number of nitrogens with zero attached hydrogens (tertiary/aromatic N) is 1. The quantitative estimate of drug-likeness (QED) is 0.461. The summed E-state index contributed by atoms with van der Waals surface area (Å²) in [4.78, 5) is 12.5. The van der Waals surface area contributed by atoms with Crippen LogP contribution < -0.4 is 10.7 Å². The molecule has 0 aliphatic carbocycles. The van der Waals surface area contributed by atoms with E-state index in [1.54, 1.807) is 0 Å². The average Bonchev–Trinajstić information content (AvgIpc) is 2.87. The van der Waals surface area contributed by atoms with Crippen molar-refractivity contribution in [3.63, 3.8) is 0 Å². The Bertz CT molecular complexity index is 423. The Morgan fingerprint density at radius 1 is 1.45 bits per heavy atom. The topological polar surface area (TPSA) is 73.7 Å². The molecule has 1 aliphatic heterocycles. The summed E-state index contributed by atoms with van der Waals surface area (Å²) < 4.78 is -0.410. The fourth-order valence-corrected chi connectivity index (χ4v) is 4.09. The summed E-state index contributed by atoms with van der Waals surface area (Å²) in [5, 5.41) is 17.4. The number of aliphatic hydroxyl groups excluding tert-OH is 1. The van der Waals surface area contributed by atoms with E-state index in [-0.39, 0.29) is 23.4 Å². The maximum absolute atomic E-state index is 12.5. The van der Waals surface area contributed by atoms with E-state index in [4.69, 9.17) is 0 Å². The van der Waals surface area contributed by atoms with E-state index < -0.39 is 4.75 Å². The lowest BCUT2D eigenvalue weighted by Crippen LogP contribution is -2.49. The summed E-state index contributed by atoms with van der Waals surface area (Å²) in [7, 11) is 0.